The van der Waals surface area contributed by atoms with Crippen molar-refractivity contribution in [2.45, 2.75) is 19.4 Å². The average molecular weight is 426 g/mol. The summed E-state index contributed by atoms with van der Waals surface area (Å²) < 4.78 is 51.5. The van der Waals surface area contributed by atoms with Crippen LogP contribution in [0.3, 0.4) is 0 Å². The summed E-state index contributed by atoms with van der Waals surface area (Å²) in [4.78, 5) is 14.0. The number of hydrogen-bond donors (Lipinski definition) is 1. The van der Waals surface area contributed by atoms with Crippen LogP contribution in [0.15, 0.2) is 42.5 Å². The highest BCUT2D eigenvalue weighted by molar-refractivity contribution is 7.92. The van der Waals surface area contributed by atoms with Gasteiger partial charge in [-0.25, -0.2) is 17.2 Å². The number of nitrogens with one attached hydrogen (secondary N) is 1. The van der Waals surface area contributed by atoms with E-state index in [1.165, 1.54) is 6.07 Å². The molecule has 0 bridgehead atoms. The van der Waals surface area contributed by atoms with E-state index >= 15 is 0 Å². The minimum atomic E-state index is -3.70. The summed E-state index contributed by atoms with van der Waals surface area (Å²) in [7, 11) is 0.179. The topological polar surface area (TPSA) is 69.7 Å². The van der Waals surface area contributed by atoms with Gasteiger partial charge in [0.05, 0.1) is 11.9 Å². The molecule has 0 spiro atoms. The predicted molar refractivity (Wildman–Crippen MR) is 110 cm³/mol. The Kier molecular flexibility index (Phi) is 7.55. The number of rotatable bonds is 9. The van der Waals surface area contributed by atoms with Gasteiger partial charge in [0.1, 0.15) is 0 Å². The summed E-state index contributed by atoms with van der Waals surface area (Å²) in [6, 6.07) is 10.6. The van der Waals surface area contributed by atoms with Crippen LogP contribution in [-0.2, 0) is 21.4 Å². The first-order valence-corrected chi connectivity index (χ1v) is 10.9. The zero-order chi connectivity index (χ0) is 21.6. The van der Waals surface area contributed by atoms with Crippen molar-refractivity contribution in [1.82, 2.24) is 5.32 Å². The third-order valence-corrected chi connectivity index (χ3v) is 5.49. The van der Waals surface area contributed by atoms with E-state index in [1.54, 1.807) is 0 Å². The van der Waals surface area contributed by atoms with Gasteiger partial charge in [0.2, 0.25) is 15.9 Å². The molecule has 158 valence electrons. The zero-order valence-corrected chi connectivity index (χ0v) is 17.5. The van der Waals surface area contributed by atoms with Crippen LogP contribution in [0.2, 0.25) is 0 Å². The van der Waals surface area contributed by atoms with Gasteiger partial charge in [0, 0.05) is 45.4 Å². The minimum Gasteiger partial charge on any atom is -0.378 e. The number of benzene rings is 2. The molecule has 0 unspecified atom stereocenters. The maximum absolute atomic E-state index is 13.4. The van der Waals surface area contributed by atoms with Gasteiger partial charge in [0.25, 0.3) is 0 Å². The Balaban J connectivity index is 1.88. The molecule has 2 aromatic rings. The van der Waals surface area contributed by atoms with E-state index < -0.39 is 21.7 Å². The molecule has 0 aliphatic heterocycles. The fourth-order valence-corrected chi connectivity index (χ4v) is 3.67. The second-order valence-electron chi connectivity index (χ2n) is 6.87. The smallest absolute Gasteiger partial charge is 0.232 e. The van der Waals surface area contributed by atoms with Crippen molar-refractivity contribution in [3.05, 3.63) is 59.7 Å². The number of carbonyl (C=O) groups is 1. The van der Waals surface area contributed by atoms with Gasteiger partial charge in [-0.05, 0) is 36.2 Å². The summed E-state index contributed by atoms with van der Waals surface area (Å²) in [6.07, 6.45) is 1.31. The normalized spacial score (nSPS) is 11.2. The number of amides is 1. The van der Waals surface area contributed by atoms with Crippen LogP contribution in [0.1, 0.15) is 18.4 Å². The molecule has 1 amide bonds. The summed E-state index contributed by atoms with van der Waals surface area (Å²) in [5, 5.41) is 2.79. The van der Waals surface area contributed by atoms with Crippen LogP contribution in [0.25, 0.3) is 0 Å². The van der Waals surface area contributed by atoms with Crippen LogP contribution in [0.5, 0.6) is 0 Å². The van der Waals surface area contributed by atoms with Crippen molar-refractivity contribution in [3.63, 3.8) is 0 Å². The second-order valence-corrected chi connectivity index (χ2v) is 8.78. The number of halogens is 2. The molecule has 0 aromatic heterocycles. The van der Waals surface area contributed by atoms with Crippen LogP contribution in [0.4, 0.5) is 20.2 Å². The predicted octanol–water partition coefficient (Wildman–Crippen LogP) is 2.89. The maximum Gasteiger partial charge on any atom is 0.232 e. The molecule has 2 aromatic carbocycles. The van der Waals surface area contributed by atoms with E-state index in [0.717, 1.165) is 33.9 Å². The highest BCUT2D eigenvalue weighted by Gasteiger charge is 2.19. The highest BCUT2D eigenvalue weighted by Crippen LogP contribution is 2.21. The van der Waals surface area contributed by atoms with E-state index in [-0.39, 0.29) is 31.0 Å². The number of carbonyl (C=O) groups excluding carboxylic acids is 1. The molecule has 0 atom stereocenters. The van der Waals surface area contributed by atoms with E-state index in [9.17, 15) is 22.0 Å². The Morgan fingerprint density at radius 3 is 2.17 bits per heavy atom. The molecule has 2 rings (SSSR count). The molecule has 0 fully saturated rings. The van der Waals surface area contributed by atoms with E-state index in [4.69, 9.17) is 0 Å². The summed E-state index contributed by atoms with van der Waals surface area (Å²) in [5.41, 5.74) is 2.02. The Morgan fingerprint density at radius 2 is 1.62 bits per heavy atom. The largest absolute Gasteiger partial charge is 0.378 e. The van der Waals surface area contributed by atoms with Crippen LogP contribution in [0, 0.1) is 11.6 Å². The quantitative estimate of drug-likeness (QED) is 0.671. The first kappa shape index (κ1) is 22.6. The molecule has 0 aliphatic rings. The lowest BCUT2D eigenvalue weighted by molar-refractivity contribution is -0.121. The van der Waals surface area contributed by atoms with Crippen molar-refractivity contribution in [2.75, 3.05) is 36.1 Å². The highest BCUT2D eigenvalue weighted by atomic mass is 32.2. The third-order valence-electron chi connectivity index (χ3n) is 4.30. The van der Waals surface area contributed by atoms with Gasteiger partial charge in [0.15, 0.2) is 11.6 Å². The molecule has 29 heavy (non-hydrogen) atoms. The zero-order valence-electron chi connectivity index (χ0n) is 16.7. The molecule has 0 saturated heterocycles. The first-order valence-electron chi connectivity index (χ1n) is 9.03. The Hall–Kier alpha value is -2.68. The lowest BCUT2D eigenvalue weighted by atomic mass is 10.2. The number of nitrogens with zero attached hydrogens (tertiary/aromatic N) is 2. The van der Waals surface area contributed by atoms with Gasteiger partial charge >= 0.3 is 0 Å². The van der Waals surface area contributed by atoms with Crippen molar-refractivity contribution in [3.8, 4) is 0 Å². The summed E-state index contributed by atoms with van der Waals surface area (Å²) in [6.45, 7) is 0.348. The average Bonchev–Trinajstić information content (AvgIpc) is 2.65. The van der Waals surface area contributed by atoms with Crippen LogP contribution < -0.4 is 14.5 Å². The second kappa shape index (κ2) is 9.69. The van der Waals surface area contributed by atoms with Crippen LogP contribution >= 0.6 is 0 Å². The number of anilines is 2. The first-order chi connectivity index (χ1) is 13.6. The van der Waals surface area contributed by atoms with Crippen molar-refractivity contribution in [1.29, 1.82) is 0 Å². The molecule has 6 nitrogen and oxygen atoms in total. The molecule has 0 radical (unpaired) electrons. The molecule has 0 saturated carbocycles. The molecular formula is C20H25F2N3O3S. The lowest BCUT2D eigenvalue weighted by Gasteiger charge is -2.22. The molecular weight excluding hydrogens is 400 g/mol. The standard InChI is InChI=1S/C20H25F2N3O3S/c1-24(2)16-8-6-15(7-9-16)14-23-20(26)5-4-12-25(29(3,27)28)17-10-11-18(21)19(22)13-17/h6-11,13H,4-5,12,14H2,1-3H3,(H,23,26). The Bertz CT molecular complexity index is 948. The third kappa shape index (κ3) is 6.70. The van der Waals surface area contributed by atoms with Gasteiger partial charge in [-0.1, -0.05) is 12.1 Å². The van der Waals surface area contributed by atoms with Crippen molar-refractivity contribution >= 4 is 27.3 Å². The molecule has 9 heteroatoms. The van der Waals surface area contributed by atoms with Gasteiger partial charge in [-0.3, -0.25) is 9.10 Å². The van der Waals surface area contributed by atoms with Crippen molar-refractivity contribution in [2.24, 2.45) is 0 Å². The SMILES string of the molecule is CN(C)c1ccc(CNC(=O)CCCN(c2ccc(F)c(F)c2)S(C)(=O)=O)cc1. The van der Waals surface area contributed by atoms with Gasteiger partial charge < -0.3 is 10.2 Å². The van der Waals surface area contributed by atoms with Gasteiger partial charge in [-0.2, -0.15) is 0 Å². The van der Waals surface area contributed by atoms with Gasteiger partial charge in [-0.15, -0.1) is 0 Å². The van der Waals surface area contributed by atoms with E-state index in [2.05, 4.69) is 5.32 Å². The molecule has 0 heterocycles. The van der Waals surface area contributed by atoms with E-state index in [0.29, 0.717) is 6.54 Å². The number of sulfonamides is 1. The fraction of sp³-hybridized carbons (Fsp3) is 0.350. The fourth-order valence-electron chi connectivity index (χ4n) is 2.71. The Morgan fingerprint density at radius 1 is 1.00 bits per heavy atom. The minimum absolute atomic E-state index is 0.0190. The summed E-state index contributed by atoms with van der Waals surface area (Å²) >= 11 is 0. The number of hydrogen-bond acceptors (Lipinski definition) is 4. The summed E-state index contributed by atoms with van der Waals surface area (Å²) in [5.74, 6) is -2.41. The molecule has 0 aliphatic carbocycles. The van der Waals surface area contributed by atoms with Crippen LogP contribution in [-0.4, -0.2) is 41.2 Å². The maximum atomic E-state index is 13.4. The molecule has 1 N–H and O–H groups in total. The monoisotopic (exact) mass is 425 g/mol. The van der Waals surface area contributed by atoms with E-state index in [1.807, 2.05) is 43.3 Å². The van der Waals surface area contributed by atoms with Crippen molar-refractivity contribution < 1.29 is 22.0 Å². The lowest BCUT2D eigenvalue weighted by Crippen LogP contribution is -2.32. The Labute approximate surface area is 170 Å².